The van der Waals surface area contributed by atoms with Crippen molar-refractivity contribution in [3.05, 3.63) is 120 Å². The molecule has 6 aromatic rings. The smallest absolute Gasteiger partial charge is 0.464 e. The zero-order valence-electron chi connectivity index (χ0n) is 23.0. The highest BCUT2D eigenvalue weighted by molar-refractivity contribution is 7.48. The lowest BCUT2D eigenvalue weighted by Crippen LogP contribution is -2.19. The monoisotopic (exact) mass is 598 g/mol. The summed E-state index contributed by atoms with van der Waals surface area (Å²) in [5, 5.41) is 4.28. The second kappa shape index (κ2) is 8.64. The van der Waals surface area contributed by atoms with Gasteiger partial charge in [0.25, 0.3) is 0 Å². The predicted molar refractivity (Wildman–Crippen MR) is 165 cm³/mol. The van der Waals surface area contributed by atoms with Crippen molar-refractivity contribution >= 4 is 29.4 Å². The Bertz CT molecular complexity index is 2110. The van der Waals surface area contributed by atoms with Crippen LogP contribution in [0.1, 0.15) is 23.0 Å². The molecular weight excluding hydrogens is 575 g/mol. The van der Waals surface area contributed by atoms with E-state index < -0.39 is 20.4 Å². The molecule has 0 bridgehead atoms. The standard InChI is InChI=1S/C36H23O7P/c37-44(38)42-33-25(23-11-9-19-5-1-3-7-21(19)17-23)13-15-27-29(33)31-32-30-28(40-36(32)41-35(31)39-27)16-14-26(34(30)43-44)24-12-10-20-6-2-4-8-22(20)18-24/h1-18,31-32,35-36H,(H,37,38)/t31-,32-,35+,36+/m1/s1. The molecule has 214 valence electrons. The number of ether oxygens (including phenoxy) is 3. The molecule has 0 unspecified atom stereocenters. The molecule has 8 heteroatoms. The van der Waals surface area contributed by atoms with Gasteiger partial charge in [-0.3, -0.25) is 4.89 Å². The Hall–Kier alpha value is -4.81. The highest BCUT2D eigenvalue weighted by Crippen LogP contribution is 2.67. The molecule has 1 N–H and O–H groups in total. The van der Waals surface area contributed by atoms with Gasteiger partial charge in [0.05, 0.1) is 11.8 Å². The fourth-order valence-electron chi connectivity index (χ4n) is 7.34. The van der Waals surface area contributed by atoms with Crippen LogP contribution in [0.4, 0.5) is 0 Å². The van der Waals surface area contributed by atoms with Crippen molar-refractivity contribution in [1.82, 2.24) is 0 Å². The Morgan fingerprint density at radius 2 is 1.00 bits per heavy atom. The van der Waals surface area contributed by atoms with Gasteiger partial charge in [-0.25, -0.2) is 4.57 Å². The number of rotatable bonds is 2. The topological polar surface area (TPSA) is 83.5 Å². The summed E-state index contributed by atoms with van der Waals surface area (Å²) in [7, 11) is -4.74. The van der Waals surface area contributed by atoms with E-state index in [-0.39, 0.29) is 23.3 Å². The SMILES string of the molecule is O=P1(O)Oc2c(-c3ccc4ccccc4c3)ccc3c2[C@H]2[C@@H](O3)O[C@@H]3Oc4ccc(-c5ccc6ccccc6c5)c(c4[C@@H]32)O1. The fraction of sp³-hybridized carbons (Fsp3) is 0.111. The summed E-state index contributed by atoms with van der Waals surface area (Å²) >= 11 is 0. The van der Waals surface area contributed by atoms with E-state index in [1.54, 1.807) is 0 Å². The maximum atomic E-state index is 14.0. The van der Waals surface area contributed by atoms with Crippen LogP contribution in [0.15, 0.2) is 109 Å². The van der Waals surface area contributed by atoms with E-state index in [0.29, 0.717) is 33.8 Å². The quantitative estimate of drug-likeness (QED) is 0.200. The molecule has 7 nitrogen and oxygen atoms in total. The number of phosphoric ester groups is 1. The van der Waals surface area contributed by atoms with Crippen LogP contribution >= 0.6 is 7.82 Å². The van der Waals surface area contributed by atoms with Gasteiger partial charge in [-0.2, -0.15) is 0 Å². The van der Waals surface area contributed by atoms with Crippen LogP contribution in [0.2, 0.25) is 0 Å². The highest BCUT2D eigenvalue weighted by atomic mass is 31.2. The number of hydrogen-bond acceptors (Lipinski definition) is 6. The van der Waals surface area contributed by atoms with Gasteiger partial charge >= 0.3 is 7.82 Å². The lowest BCUT2D eigenvalue weighted by Gasteiger charge is -2.20. The Balaban J connectivity index is 1.20. The number of hydrogen-bond donors (Lipinski definition) is 1. The van der Waals surface area contributed by atoms with Crippen LogP contribution in [-0.4, -0.2) is 17.5 Å². The minimum atomic E-state index is -4.74. The van der Waals surface area contributed by atoms with E-state index in [2.05, 4.69) is 12.1 Å². The third-order valence-corrected chi connectivity index (χ3v) is 10.1. The average Bonchev–Trinajstić information content (AvgIpc) is 3.68. The van der Waals surface area contributed by atoms with Gasteiger partial charge in [0, 0.05) is 22.3 Å². The van der Waals surface area contributed by atoms with Crippen molar-refractivity contribution in [3.8, 4) is 45.3 Å². The molecule has 4 aliphatic heterocycles. The summed E-state index contributed by atoms with van der Waals surface area (Å²) in [6, 6.07) is 35.8. The predicted octanol–water partition coefficient (Wildman–Crippen LogP) is 8.53. The summed E-state index contributed by atoms with van der Waals surface area (Å²) in [6.07, 6.45) is -1.29. The van der Waals surface area contributed by atoms with Gasteiger partial charge in [-0.1, -0.05) is 72.8 Å². The molecular formula is C36H23O7P. The second-order valence-electron chi connectivity index (χ2n) is 11.6. The third kappa shape index (κ3) is 3.43. The van der Waals surface area contributed by atoms with Gasteiger partial charge in [-0.05, 0) is 69.1 Å². The van der Waals surface area contributed by atoms with Crippen LogP contribution in [-0.2, 0) is 9.30 Å². The first-order chi connectivity index (χ1) is 21.5. The third-order valence-electron chi connectivity index (χ3n) is 9.24. The van der Waals surface area contributed by atoms with Crippen molar-refractivity contribution in [2.45, 2.75) is 24.4 Å². The van der Waals surface area contributed by atoms with Crippen molar-refractivity contribution in [1.29, 1.82) is 0 Å². The van der Waals surface area contributed by atoms with Gasteiger partial charge in [0.2, 0.25) is 12.6 Å². The molecule has 0 spiro atoms. The normalized spacial score (nSPS) is 25.3. The minimum absolute atomic E-state index is 0.258. The van der Waals surface area contributed by atoms with Gasteiger partial charge in [0.15, 0.2) is 0 Å². The maximum Gasteiger partial charge on any atom is 0.584 e. The first-order valence-corrected chi connectivity index (χ1v) is 16.0. The maximum absolute atomic E-state index is 14.0. The van der Waals surface area contributed by atoms with E-state index in [9.17, 15) is 9.46 Å². The van der Waals surface area contributed by atoms with E-state index in [1.165, 1.54) is 0 Å². The molecule has 6 aromatic carbocycles. The fourth-order valence-corrected chi connectivity index (χ4v) is 8.23. The molecule has 10 rings (SSSR count). The summed E-state index contributed by atoms with van der Waals surface area (Å²) < 4.78 is 45.1. The van der Waals surface area contributed by atoms with Crippen molar-refractivity contribution in [2.24, 2.45) is 0 Å². The molecule has 1 saturated heterocycles. The molecule has 0 amide bonds. The Kier molecular flexibility index (Phi) is 4.83. The average molecular weight is 599 g/mol. The first-order valence-electron chi connectivity index (χ1n) is 14.5. The van der Waals surface area contributed by atoms with Gasteiger partial charge < -0.3 is 23.3 Å². The van der Waals surface area contributed by atoms with Gasteiger partial charge in [-0.15, -0.1) is 0 Å². The van der Waals surface area contributed by atoms with E-state index >= 15 is 0 Å². The molecule has 0 aromatic heterocycles. The largest absolute Gasteiger partial charge is 0.584 e. The zero-order chi connectivity index (χ0) is 29.2. The highest BCUT2D eigenvalue weighted by Gasteiger charge is 2.60. The molecule has 0 saturated carbocycles. The minimum Gasteiger partial charge on any atom is -0.464 e. The van der Waals surface area contributed by atoms with E-state index in [4.69, 9.17) is 23.3 Å². The van der Waals surface area contributed by atoms with Crippen molar-refractivity contribution in [3.63, 3.8) is 0 Å². The molecule has 0 radical (unpaired) electrons. The van der Waals surface area contributed by atoms with E-state index in [1.807, 2.05) is 97.1 Å². The van der Waals surface area contributed by atoms with Crippen LogP contribution < -0.4 is 18.5 Å². The molecule has 4 aliphatic rings. The molecule has 0 aliphatic carbocycles. The molecule has 4 atom stereocenters. The number of benzene rings is 6. The Labute approximate surface area is 251 Å². The molecule has 1 fully saturated rings. The summed E-state index contributed by atoms with van der Waals surface area (Å²) in [6.45, 7) is 0. The number of phosphoric acid groups is 1. The van der Waals surface area contributed by atoms with Crippen LogP contribution in [0.5, 0.6) is 23.0 Å². The van der Waals surface area contributed by atoms with Gasteiger partial charge in [0.1, 0.15) is 23.0 Å². The van der Waals surface area contributed by atoms with Crippen LogP contribution in [0.25, 0.3) is 43.8 Å². The Morgan fingerprint density at radius 1 is 0.545 bits per heavy atom. The lowest BCUT2D eigenvalue weighted by molar-refractivity contribution is -0.132. The summed E-state index contributed by atoms with van der Waals surface area (Å²) in [5.41, 5.74) is 4.40. The van der Waals surface area contributed by atoms with Crippen LogP contribution in [0, 0.1) is 0 Å². The van der Waals surface area contributed by atoms with E-state index in [0.717, 1.165) is 32.7 Å². The lowest BCUT2D eigenvalue weighted by atomic mass is 9.81. The summed E-state index contributed by atoms with van der Waals surface area (Å²) in [4.78, 5) is 11.5. The zero-order valence-corrected chi connectivity index (χ0v) is 23.9. The molecule has 44 heavy (non-hydrogen) atoms. The Morgan fingerprint density at radius 3 is 1.48 bits per heavy atom. The summed E-state index contributed by atoms with van der Waals surface area (Å²) in [5.74, 6) is 0.932. The number of fused-ring (bicyclic) bond motifs is 2. The van der Waals surface area contributed by atoms with Crippen molar-refractivity contribution < 1.29 is 32.7 Å². The first kappa shape index (κ1) is 24.6. The molecule has 4 heterocycles. The van der Waals surface area contributed by atoms with Crippen molar-refractivity contribution in [2.75, 3.05) is 0 Å². The van der Waals surface area contributed by atoms with Crippen LogP contribution in [0.3, 0.4) is 0 Å². The second-order valence-corrected chi connectivity index (χ2v) is 12.9.